The van der Waals surface area contributed by atoms with E-state index in [0.717, 1.165) is 12.1 Å². The summed E-state index contributed by atoms with van der Waals surface area (Å²) < 4.78 is 22.5. The Balaban J connectivity index is 2.55. The topological polar surface area (TPSA) is 61.6 Å². The minimum absolute atomic E-state index is 0.0643. The van der Waals surface area contributed by atoms with E-state index in [1.54, 1.807) is 0 Å². The van der Waals surface area contributed by atoms with Crippen molar-refractivity contribution in [2.45, 2.75) is 0 Å². The van der Waals surface area contributed by atoms with Crippen LogP contribution in [0.25, 0.3) is 0 Å². The molecule has 0 N–H and O–H groups in total. The minimum atomic E-state index is -0.776. The van der Waals surface area contributed by atoms with Gasteiger partial charge in [0.25, 0.3) is 5.69 Å². The molecule has 68 valence electrons. The Morgan fingerprint density at radius 3 is 2.92 bits per heavy atom. The smallest absolute Gasteiger partial charge is 0.276 e. The molecule has 0 aromatic heterocycles. The molecule has 5 nitrogen and oxygen atoms in total. The monoisotopic (exact) mass is 185 g/mol. The summed E-state index contributed by atoms with van der Waals surface area (Å²) in [6.07, 6.45) is 0. The zero-order valence-electron chi connectivity index (χ0n) is 6.32. The van der Waals surface area contributed by atoms with Crippen molar-refractivity contribution in [1.29, 1.82) is 0 Å². The van der Waals surface area contributed by atoms with Crippen LogP contribution in [-0.2, 0) is 0 Å². The maximum atomic E-state index is 13.0. The van der Waals surface area contributed by atoms with E-state index in [9.17, 15) is 14.5 Å². The summed E-state index contributed by atoms with van der Waals surface area (Å²) in [6, 6.07) is 1.93. The van der Waals surface area contributed by atoms with Crippen molar-refractivity contribution >= 4 is 5.69 Å². The van der Waals surface area contributed by atoms with Crippen molar-refractivity contribution in [3.63, 3.8) is 0 Å². The predicted octanol–water partition coefficient (Wildman–Crippen LogP) is 1.46. The Bertz CT molecular complexity index is 379. The summed E-state index contributed by atoms with van der Waals surface area (Å²) in [7, 11) is 0. The van der Waals surface area contributed by atoms with Gasteiger partial charge in [-0.1, -0.05) is 0 Å². The van der Waals surface area contributed by atoms with E-state index in [4.69, 9.17) is 9.47 Å². The number of ether oxygens (including phenoxy) is 2. The molecule has 0 bridgehead atoms. The van der Waals surface area contributed by atoms with Crippen LogP contribution in [0.15, 0.2) is 12.1 Å². The fraction of sp³-hybridized carbons (Fsp3) is 0.143. The molecule has 2 rings (SSSR count). The van der Waals surface area contributed by atoms with Crippen molar-refractivity contribution in [3.05, 3.63) is 28.1 Å². The third-order valence-corrected chi connectivity index (χ3v) is 1.62. The van der Waals surface area contributed by atoms with E-state index in [1.807, 2.05) is 0 Å². The second kappa shape index (κ2) is 2.58. The molecule has 0 atom stereocenters. The Kier molecular flexibility index (Phi) is 1.54. The normalized spacial score (nSPS) is 13.0. The number of non-ortho nitro benzene ring substituents is 1. The summed E-state index contributed by atoms with van der Waals surface area (Å²) in [4.78, 5) is 9.61. The first-order chi connectivity index (χ1) is 6.18. The van der Waals surface area contributed by atoms with E-state index < -0.39 is 10.7 Å². The number of hydrogen-bond donors (Lipinski definition) is 0. The lowest BCUT2D eigenvalue weighted by Crippen LogP contribution is -1.93. The van der Waals surface area contributed by atoms with Crippen LogP contribution in [0.2, 0.25) is 0 Å². The van der Waals surface area contributed by atoms with Crippen LogP contribution in [0.5, 0.6) is 11.5 Å². The average Bonchev–Trinajstić information content (AvgIpc) is 2.51. The molecule has 0 radical (unpaired) electrons. The Morgan fingerprint density at radius 2 is 2.23 bits per heavy atom. The standard InChI is InChI=1S/C7H4FNO4/c8-5-1-4(9(10)11)2-6-7(5)13-3-12-6/h1-2H,3H2. The first-order valence-corrected chi connectivity index (χ1v) is 3.42. The molecular weight excluding hydrogens is 181 g/mol. The van der Waals surface area contributed by atoms with Gasteiger partial charge in [-0.15, -0.1) is 0 Å². The highest BCUT2D eigenvalue weighted by atomic mass is 19.1. The summed E-state index contributed by atoms with van der Waals surface area (Å²) in [5.74, 6) is -0.765. The van der Waals surface area contributed by atoms with Gasteiger partial charge in [0.1, 0.15) is 0 Å². The molecule has 1 heterocycles. The lowest BCUT2D eigenvalue weighted by Gasteiger charge is -1.96. The molecule has 1 aromatic carbocycles. The zero-order chi connectivity index (χ0) is 9.42. The van der Waals surface area contributed by atoms with Crippen LogP contribution in [0.3, 0.4) is 0 Å². The maximum absolute atomic E-state index is 13.0. The second-order valence-electron chi connectivity index (χ2n) is 2.42. The summed E-state index contributed by atoms with van der Waals surface area (Å²) in [5.41, 5.74) is -0.346. The lowest BCUT2D eigenvalue weighted by atomic mass is 10.3. The molecule has 0 saturated heterocycles. The molecule has 13 heavy (non-hydrogen) atoms. The van der Waals surface area contributed by atoms with E-state index in [-0.39, 0.29) is 24.0 Å². The highest BCUT2D eigenvalue weighted by Gasteiger charge is 2.23. The first kappa shape index (κ1) is 7.78. The van der Waals surface area contributed by atoms with Gasteiger partial charge in [-0.05, 0) is 0 Å². The van der Waals surface area contributed by atoms with Crippen molar-refractivity contribution in [1.82, 2.24) is 0 Å². The number of nitrogens with zero attached hydrogens (tertiary/aromatic N) is 1. The Hall–Kier alpha value is -1.85. The Morgan fingerprint density at radius 1 is 1.46 bits per heavy atom. The van der Waals surface area contributed by atoms with E-state index in [0.29, 0.717) is 0 Å². The van der Waals surface area contributed by atoms with Crippen LogP contribution >= 0.6 is 0 Å². The van der Waals surface area contributed by atoms with Crippen molar-refractivity contribution < 1.29 is 18.8 Å². The van der Waals surface area contributed by atoms with E-state index in [1.165, 1.54) is 0 Å². The quantitative estimate of drug-likeness (QED) is 0.490. The molecule has 6 heteroatoms. The van der Waals surface area contributed by atoms with Gasteiger partial charge in [-0.2, -0.15) is 0 Å². The molecule has 0 amide bonds. The number of benzene rings is 1. The van der Waals surface area contributed by atoms with Crippen molar-refractivity contribution in [2.75, 3.05) is 6.79 Å². The predicted molar refractivity (Wildman–Crippen MR) is 39.2 cm³/mol. The second-order valence-corrected chi connectivity index (χ2v) is 2.42. The van der Waals surface area contributed by atoms with Gasteiger partial charge >= 0.3 is 0 Å². The van der Waals surface area contributed by atoms with Gasteiger partial charge < -0.3 is 9.47 Å². The fourth-order valence-corrected chi connectivity index (χ4v) is 1.06. The van der Waals surface area contributed by atoms with Crippen LogP contribution in [0, 0.1) is 15.9 Å². The zero-order valence-corrected chi connectivity index (χ0v) is 6.32. The molecule has 0 fully saturated rings. The minimum Gasteiger partial charge on any atom is -0.453 e. The van der Waals surface area contributed by atoms with Crippen LogP contribution in [-0.4, -0.2) is 11.7 Å². The maximum Gasteiger partial charge on any atom is 0.276 e. The van der Waals surface area contributed by atoms with E-state index >= 15 is 0 Å². The molecule has 1 aliphatic heterocycles. The van der Waals surface area contributed by atoms with Crippen molar-refractivity contribution in [3.8, 4) is 11.5 Å². The highest BCUT2D eigenvalue weighted by molar-refractivity contribution is 5.50. The summed E-state index contributed by atoms with van der Waals surface area (Å²) >= 11 is 0. The SMILES string of the molecule is O=[N+]([O-])c1cc(F)c2c(c1)OCO2. The molecule has 1 aromatic rings. The van der Waals surface area contributed by atoms with E-state index in [2.05, 4.69) is 0 Å². The number of nitro groups is 1. The molecule has 0 aliphatic carbocycles. The lowest BCUT2D eigenvalue weighted by molar-refractivity contribution is -0.385. The molecule has 0 saturated carbocycles. The number of hydrogen-bond acceptors (Lipinski definition) is 4. The van der Waals surface area contributed by atoms with Crippen LogP contribution in [0.1, 0.15) is 0 Å². The molecular formula is C7H4FNO4. The third kappa shape index (κ3) is 1.16. The van der Waals surface area contributed by atoms with Gasteiger partial charge in [-0.25, -0.2) is 4.39 Å². The highest BCUT2D eigenvalue weighted by Crippen LogP contribution is 2.37. The first-order valence-electron chi connectivity index (χ1n) is 3.42. The van der Waals surface area contributed by atoms with Gasteiger partial charge in [-0.3, -0.25) is 10.1 Å². The summed E-state index contributed by atoms with van der Waals surface area (Å²) in [5, 5.41) is 10.3. The number of halogens is 1. The van der Waals surface area contributed by atoms with Gasteiger partial charge in [0.2, 0.25) is 12.5 Å². The molecule has 0 unspecified atom stereocenters. The summed E-state index contributed by atoms with van der Waals surface area (Å²) in [6.45, 7) is -0.104. The van der Waals surface area contributed by atoms with Gasteiger partial charge in [0.05, 0.1) is 17.1 Å². The van der Waals surface area contributed by atoms with Gasteiger partial charge in [0, 0.05) is 0 Å². The molecule has 1 aliphatic rings. The van der Waals surface area contributed by atoms with Crippen molar-refractivity contribution in [2.24, 2.45) is 0 Å². The molecule has 0 spiro atoms. The number of nitro benzene ring substituents is 1. The van der Waals surface area contributed by atoms with Crippen LogP contribution in [0.4, 0.5) is 10.1 Å². The van der Waals surface area contributed by atoms with Crippen LogP contribution < -0.4 is 9.47 Å². The Labute approximate surface area is 71.8 Å². The number of rotatable bonds is 1. The average molecular weight is 185 g/mol. The number of fused-ring (bicyclic) bond motifs is 1. The fourth-order valence-electron chi connectivity index (χ4n) is 1.06. The largest absolute Gasteiger partial charge is 0.453 e. The van der Waals surface area contributed by atoms with Gasteiger partial charge in [0.15, 0.2) is 11.6 Å². The third-order valence-electron chi connectivity index (χ3n) is 1.62.